The highest BCUT2D eigenvalue weighted by molar-refractivity contribution is 5.96. The van der Waals surface area contributed by atoms with Crippen molar-refractivity contribution in [1.29, 1.82) is 0 Å². The maximum atomic E-state index is 12.8. The quantitative estimate of drug-likeness (QED) is 0.553. The Morgan fingerprint density at radius 1 is 1.00 bits per heavy atom. The molecule has 178 valence electrons. The summed E-state index contributed by atoms with van der Waals surface area (Å²) in [6.07, 6.45) is -0.0977. The first-order chi connectivity index (χ1) is 16.9. The first kappa shape index (κ1) is 22.7. The van der Waals surface area contributed by atoms with Gasteiger partial charge in [0.05, 0.1) is 5.92 Å². The summed E-state index contributed by atoms with van der Waals surface area (Å²) in [4.78, 5) is 38.1. The predicted molar refractivity (Wildman–Crippen MR) is 132 cm³/mol. The van der Waals surface area contributed by atoms with Gasteiger partial charge in [-0.25, -0.2) is 4.79 Å². The number of nitrogens with one attached hydrogen (secondary N) is 1. The van der Waals surface area contributed by atoms with Gasteiger partial charge in [-0.05, 0) is 59.4 Å². The van der Waals surface area contributed by atoms with E-state index in [-0.39, 0.29) is 25.0 Å². The number of rotatable bonds is 5. The van der Waals surface area contributed by atoms with E-state index >= 15 is 0 Å². The number of carbonyl (C=O) groups excluding carboxylic acids is 2. The van der Waals surface area contributed by atoms with Crippen LogP contribution in [0.15, 0.2) is 66.7 Å². The zero-order valence-electron chi connectivity index (χ0n) is 19.4. The third-order valence-corrected chi connectivity index (χ3v) is 6.88. The summed E-state index contributed by atoms with van der Waals surface area (Å²) in [7, 11) is 0. The SMILES string of the molecule is Cc1cc(C(=O)N2CCC(C(=O)O)C2)ccc1NC(=O)OCC1c2ccccc2-c2ccccc21. The zero-order valence-corrected chi connectivity index (χ0v) is 19.4. The molecule has 1 saturated heterocycles. The molecule has 2 aliphatic rings. The molecule has 1 aliphatic carbocycles. The Bertz CT molecular complexity index is 1270. The Hall–Kier alpha value is -4.13. The fourth-order valence-electron chi connectivity index (χ4n) is 5.01. The molecular formula is C28H26N2O5. The number of hydrogen-bond donors (Lipinski definition) is 2. The molecule has 0 saturated carbocycles. The molecule has 7 nitrogen and oxygen atoms in total. The number of hydrogen-bond acceptors (Lipinski definition) is 4. The molecule has 1 unspecified atom stereocenters. The van der Waals surface area contributed by atoms with Gasteiger partial charge in [0, 0.05) is 30.3 Å². The van der Waals surface area contributed by atoms with Crippen molar-refractivity contribution in [3.05, 3.63) is 89.0 Å². The molecular weight excluding hydrogens is 444 g/mol. The van der Waals surface area contributed by atoms with Crippen molar-refractivity contribution in [3.8, 4) is 11.1 Å². The van der Waals surface area contributed by atoms with E-state index in [0.29, 0.717) is 24.2 Å². The van der Waals surface area contributed by atoms with Crippen molar-refractivity contribution in [2.24, 2.45) is 5.92 Å². The lowest BCUT2D eigenvalue weighted by Crippen LogP contribution is -2.30. The van der Waals surface area contributed by atoms with Gasteiger partial charge in [0.1, 0.15) is 6.61 Å². The smallest absolute Gasteiger partial charge is 0.411 e. The number of nitrogens with zero attached hydrogens (tertiary/aromatic N) is 1. The van der Waals surface area contributed by atoms with Crippen molar-refractivity contribution in [2.45, 2.75) is 19.3 Å². The van der Waals surface area contributed by atoms with E-state index < -0.39 is 18.0 Å². The third-order valence-electron chi connectivity index (χ3n) is 6.88. The Kier molecular flexibility index (Phi) is 5.99. The molecule has 0 spiro atoms. The van der Waals surface area contributed by atoms with Gasteiger partial charge >= 0.3 is 12.1 Å². The van der Waals surface area contributed by atoms with Gasteiger partial charge in [-0.15, -0.1) is 0 Å². The fraction of sp³-hybridized carbons (Fsp3) is 0.250. The second-order valence-electron chi connectivity index (χ2n) is 9.06. The van der Waals surface area contributed by atoms with Gasteiger partial charge in [0.25, 0.3) is 5.91 Å². The molecule has 1 atom stereocenters. The molecule has 5 rings (SSSR count). The highest BCUT2D eigenvalue weighted by atomic mass is 16.5. The number of aryl methyl sites for hydroxylation is 1. The van der Waals surface area contributed by atoms with Crippen LogP contribution in [0, 0.1) is 12.8 Å². The molecule has 1 fully saturated rings. The summed E-state index contributed by atoms with van der Waals surface area (Å²) < 4.78 is 5.61. The summed E-state index contributed by atoms with van der Waals surface area (Å²) in [5, 5.41) is 11.9. The van der Waals surface area contributed by atoms with E-state index in [2.05, 4.69) is 29.6 Å². The number of likely N-dealkylation sites (tertiary alicyclic amines) is 1. The van der Waals surface area contributed by atoms with Gasteiger partial charge in [0.2, 0.25) is 0 Å². The molecule has 0 radical (unpaired) electrons. The van der Waals surface area contributed by atoms with Crippen LogP contribution < -0.4 is 5.32 Å². The van der Waals surface area contributed by atoms with Crippen LogP contribution in [0.4, 0.5) is 10.5 Å². The molecule has 3 aromatic rings. The number of ether oxygens (including phenoxy) is 1. The molecule has 1 heterocycles. The summed E-state index contributed by atoms with van der Waals surface area (Å²) in [5.41, 5.74) is 6.37. The van der Waals surface area contributed by atoms with E-state index in [1.54, 1.807) is 30.0 Å². The van der Waals surface area contributed by atoms with Crippen LogP contribution in [-0.4, -0.2) is 47.7 Å². The van der Waals surface area contributed by atoms with E-state index in [0.717, 1.165) is 16.7 Å². The lowest BCUT2D eigenvalue weighted by atomic mass is 9.98. The first-order valence-corrected chi connectivity index (χ1v) is 11.7. The van der Waals surface area contributed by atoms with E-state index in [4.69, 9.17) is 9.84 Å². The number of carbonyl (C=O) groups is 3. The zero-order chi connectivity index (χ0) is 24.5. The lowest BCUT2D eigenvalue weighted by molar-refractivity contribution is -0.141. The van der Waals surface area contributed by atoms with Gasteiger partial charge in [0.15, 0.2) is 0 Å². The topological polar surface area (TPSA) is 95.9 Å². The van der Waals surface area contributed by atoms with Crippen LogP contribution in [0.2, 0.25) is 0 Å². The molecule has 1 aliphatic heterocycles. The van der Waals surface area contributed by atoms with Crippen LogP contribution >= 0.6 is 0 Å². The Labute approximate surface area is 203 Å². The maximum absolute atomic E-state index is 12.8. The minimum absolute atomic E-state index is 0.0238. The molecule has 2 N–H and O–H groups in total. The Balaban J connectivity index is 1.23. The number of amides is 2. The normalized spacial score (nSPS) is 16.5. The number of carboxylic acid groups (broad SMARTS) is 1. The standard InChI is InChI=1S/C28H26N2O5/c1-17-14-18(26(31)30-13-12-19(15-30)27(32)33)10-11-25(17)29-28(34)35-16-24-22-8-4-2-6-20(22)21-7-3-5-9-23(21)24/h2-11,14,19,24H,12-13,15-16H2,1H3,(H,29,34)(H,32,33). The highest BCUT2D eigenvalue weighted by Gasteiger charge is 2.32. The molecule has 7 heteroatoms. The summed E-state index contributed by atoms with van der Waals surface area (Å²) in [6.45, 7) is 2.66. The molecule has 0 bridgehead atoms. The predicted octanol–water partition coefficient (Wildman–Crippen LogP) is 4.90. The fourth-order valence-corrected chi connectivity index (χ4v) is 5.01. The highest BCUT2D eigenvalue weighted by Crippen LogP contribution is 2.44. The summed E-state index contributed by atoms with van der Waals surface area (Å²) >= 11 is 0. The van der Waals surface area contributed by atoms with Crippen molar-refractivity contribution >= 4 is 23.7 Å². The van der Waals surface area contributed by atoms with Crippen LogP contribution in [0.5, 0.6) is 0 Å². The average molecular weight is 471 g/mol. The number of aliphatic carboxylic acids is 1. The Morgan fingerprint density at radius 2 is 1.66 bits per heavy atom. The number of benzene rings is 3. The van der Waals surface area contributed by atoms with Crippen molar-refractivity contribution in [3.63, 3.8) is 0 Å². The monoisotopic (exact) mass is 470 g/mol. The van der Waals surface area contributed by atoms with E-state index in [1.165, 1.54) is 11.1 Å². The van der Waals surface area contributed by atoms with Crippen molar-refractivity contribution in [1.82, 2.24) is 4.90 Å². The number of carboxylic acids is 1. The van der Waals surface area contributed by atoms with Gasteiger partial charge in [-0.3, -0.25) is 14.9 Å². The second kappa shape index (κ2) is 9.25. The van der Waals surface area contributed by atoms with Crippen molar-refractivity contribution in [2.75, 3.05) is 25.0 Å². The summed E-state index contributed by atoms with van der Waals surface area (Å²) in [6, 6.07) is 21.3. The lowest BCUT2D eigenvalue weighted by Gasteiger charge is -2.17. The van der Waals surface area contributed by atoms with Crippen LogP contribution in [0.1, 0.15) is 39.4 Å². The molecule has 2 amide bonds. The van der Waals surface area contributed by atoms with Crippen LogP contribution in [0.25, 0.3) is 11.1 Å². The Morgan fingerprint density at radius 3 is 2.26 bits per heavy atom. The van der Waals surface area contributed by atoms with E-state index in [9.17, 15) is 14.4 Å². The molecule has 35 heavy (non-hydrogen) atoms. The third kappa shape index (κ3) is 4.37. The van der Waals surface area contributed by atoms with Gasteiger partial charge < -0.3 is 14.7 Å². The van der Waals surface area contributed by atoms with Gasteiger partial charge in [-0.1, -0.05) is 48.5 Å². The minimum Gasteiger partial charge on any atom is -0.481 e. The largest absolute Gasteiger partial charge is 0.481 e. The number of anilines is 1. The molecule has 3 aromatic carbocycles. The number of fused-ring (bicyclic) bond motifs is 3. The first-order valence-electron chi connectivity index (χ1n) is 11.7. The second-order valence-corrected chi connectivity index (χ2v) is 9.06. The van der Waals surface area contributed by atoms with Crippen LogP contribution in [0.3, 0.4) is 0 Å². The summed E-state index contributed by atoms with van der Waals surface area (Å²) in [5.74, 6) is -1.62. The van der Waals surface area contributed by atoms with Crippen LogP contribution in [-0.2, 0) is 9.53 Å². The molecule has 0 aromatic heterocycles. The minimum atomic E-state index is -0.876. The van der Waals surface area contributed by atoms with Gasteiger partial charge in [-0.2, -0.15) is 0 Å². The van der Waals surface area contributed by atoms with E-state index in [1.807, 2.05) is 24.3 Å². The average Bonchev–Trinajstić information content (AvgIpc) is 3.47. The van der Waals surface area contributed by atoms with Crippen molar-refractivity contribution < 1.29 is 24.2 Å². The maximum Gasteiger partial charge on any atom is 0.411 e.